The Hall–Kier alpha value is -1.28. The van der Waals surface area contributed by atoms with Crippen molar-refractivity contribution in [3.8, 4) is 5.75 Å². The second kappa shape index (κ2) is 5.38. The van der Waals surface area contributed by atoms with E-state index in [1.165, 1.54) is 0 Å². The van der Waals surface area contributed by atoms with Crippen molar-refractivity contribution in [2.75, 3.05) is 13.2 Å². The van der Waals surface area contributed by atoms with Gasteiger partial charge in [-0.15, -0.1) is 0 Å². The van der Waals surface area contributed by atoms with E-state index >= 15 is 0 Å². The Kier molecular flexibility index (Phi) is 4.06. The van der Waals surface area contributed by atoms with E-state index < -0.39 is 0 Å². The molecule has 0 heterocycles. The number of hydrogen-bond acceptors (Lipinski definition) is 2. The molecular formula is C11H15NO. The molecule has 1 rings (SSSR count). The van der Waals surface area contributed by atoms with Crippen LogP contribution >= 0.6 is 0 Å². The number of hydrogen-bond donors (Lipinski definition) is 1. The lowest BCUT2D eigenvalue weighted by Gasteiger charge is -2.05. The maximum Gasteiger partial charge on any atom is 0.122 e. The first-order chi connectivity index (χ1) is 6.34. The Morgan fingerprint density at radius 2 is 2.08 bits per heavy atom. The van der Waals surface area contributed by atoms with Gasteiger partial charge in [-0.2, -0.15) is 0 Å². The van der Waals surface area contributed by atoms with Crippen LogP contribution in [0.15, 0.2) is 36.4 Å². The molecule has 0 fully saturated rings. The van der Waals surface area contributed by atoms with E-state index in [0.717, 1.165) is 11.3 Å². The molecular weight excluding hydrogens is 162 g/mol. The summed E-state index contributed by atoms with van der Waals surface area (Å²) in [6.07, 6.45) is 3.81. The van der Waals surface area contributed by atoms with Crippen LogP contribution in [0.5, 0.6) is 5.75 Å². The van der Waals surface area contributed by atoms with Gasteiger partial charge in [0.15, 0.2) is 0 Å². The Balaban J connectivity index is 2.45. The summed E-state index contributed by atoms with van der Waals surface area (Å²) in [6, 6.07) is 7.96. The molecule has 0 saturated heterocycles. The second-order valence-corrected chi connectivity index (χ2v) is 2.78. The Labute approximate surface area is 79.0 Å². The maximum absolute atomic E-state index is 5.50. The van der Waals surface area contributed by atoms with Crippen LogP contribution in [-0.2, 0) is 0 Å². The number of rotatable bonds is 4. The maximum atomic E-state index is 5.50. The molecule has 0 spiro atoms. The first kappa shape index (κ1) is 9.81. The number of aryl methyl sites for hydroxylation is 1. The van der Waals surface area contributed by atoms with Gasteiger partial charge in [-0.1, -0.05) is 30.4 Å². The predicted octanol–water partition coefficient (Wildman–Crippen LogP) is 1.89. The van der Waals surface area contributed by atoms with Crippen LogP contribution in [0.4, 0.5) is 0 Å². The first-order valence-corrected chi connectivity index (χ1v) is 4.38. The quantitative estimate of drug-likeness (QED) is 0.713. The molecule has 0 aromatic heterocycles. The van der Waals surface area contributed by atoms with E-state index in [2.05, 4.69) is 0 Å². The molecule has 2 heteroatoms. The highest BCUT2D eigenvalue weighted by atomic mass is 16.5. The highest BCUT2D eigenvalue weighted by Crippen LogP contribution is 2.15. The summed E-state index contributed by atoms with van der Waals surface area (Å²) in [7, 11) is 0. The van der Waals surface area contributed by atoms with Gasteiger partial charge in [-0.25, -0.2) is 0 Å². The van der Waals surface area contributed by atoms with Crippen molar-refractivity contribution in [1.82, 2.24) is 0 Å². The fourth-order valence-electron chi connectivity index (χ4n) is 1.02. The first-order valence-electron chi connectivity index (χ1n) is 4.38. The van der Waals surface area contributed by atoms with E-state index in [1.807, 2.05) is 43.3 Å². The topological polar surface area (TPSA) is 35.2 Å². The third-order valence-electron chi connectivity index (χ3n) is 1.73. The van der Waals surface area contributed by atoms with E-state index in [1.54, 1.807) is 0 Å². The zero-order valence-corrected chi connectivity index (χ0v) is 7.86. The summed E-state index contributed by atoms with van der Waals surface area (Å²) < 4.78 is 5.50. The normalized spacial score (nSPS) is 10.6. The second-order valence-electron chi connectivity index (χ2n) is 2.78. The largest absolute Gasteiger partial charge is 0.489 e. The molecule has 1 aromatic carbocycles. The minimum atomic E-state index is 0.567. The minimum absolute atomic E-state index is 0.567. The van der Waals surface area contributed by atoms with Gasteiger partial charge < -0.3 is 10.5 Å². The van der Waals surface area contributed by atoms with Gasteiger partial charge in [0.2, 0.25) is 0 Å². The minimum Gasteiger partial charge on any atom is -0.489 e. The van der Waals surface area contributed by atoms with Crippen molar-refractivity contribution in [2.45, 2.75) is 6.92 Å². The van der Waals surface area contributed by atoms with Crippen LogP contribution in [0.25, 0.3) is 0 Å². The van der Waals surface area contributed by atoms with Gasteiger partial charge >= 0.3 is 0 Å². The van der Waals surface area contributed by atoms with Crippen LogP contribution in [0, 0.1) is 6.92 Å². The Morgan fingerprint density at radius 1 is 1.31 bits per heavy atom. The molecule has 0 atom stereocenters. The van der Waals surface area contributed by atoms with E-state index in [4.69, 9.17) is 10.5 Å². The number of para-hydroxylation sites is 1. The van der Waals surface area contributed by atoms with Crippen molar-refractivity contribution >= 4 is 0 Å². The fourth-order valence-corrected chi connectivity index (χ4v) is 1.02. The average Bonchev–Trinajstić information content (AvgIpc) is 2.15. The van der Waals surface area contributed by atoms with Gasteiger partial charge in [0.05, 0.1) is 0 Å². The third kappa shape index (κ3) is 3.30. The summed E-state index contributed by atoms with van der Waals surface area (Å²) in [5.74, 6) is 0.934. The monoisotopic (exact) mass is 177 g/mol. The molecule has 0 saturated carbocycles. The van der Waals surface area contributed by atoms with Crippen molar-refractivity contribution in [3.63, 3.8) is 0 Å². The zero-order valence-electron chi connectivity index (χ0n) is 7.86. The van der Waals surface area contributed by atoms with Crippen LogP contribution in [0.2, 0.25) is 0 Å². The van der Waals surface area contributed by atoms with Gasteiger partial charge in [0.1, 0.15) is 12.4 Å². The lowest BCUT2D eigenvalue weighted by atomic mass is 10.2. The number of benzene rings is 1. The fraction of sp³-hybridized carbons (Fsp3) is 0.273. The van der Waals surface area contributed by atoms with Crippen molar-refractivity contribution in [3.05, 3.63) is 42.0 Å². The molecule has 0 unspecified atom stereocenters. The van der Waals surface area contributed by atoms with Crippen LogP contribution in [-0.4, -0.2) is 13.2 Å². The molecule has 0 bridgehead atoms. The van der Waals surface area contributed by atoms with Gasteiger partial charge in [0, 0.05) is 6.54 Å². The molecule has 1 aromatic rings. The van der Waals surface area contributed by atoms with Crippen molar-refractivity contribution < 1.29 is 4.74 Å². The smallest absolute Gasteiger partial charge is 0.122 e. The molecule has 0 aliphatic rings. The molecule has 2 nitrogen and oxygen atoms in total. The average molecular weight is 177 g/mol. The number of ether oxygens (including phenoxy) is 1. The summed E-state index contributed by atoms with van der Waals surface area (Å²) in [4.78, 5) is 0. The standard InChI is InChI=1S/C11H15NO/c1-10-6-2-3-7-11(10)13-9-5-4-8-12/h2-7H,8-9,12H2,1H3/b5-4+. The highest BCUT2D eigenvalue weighted by Gasteiger charge is 1.94. The molecule has 0 radical (unpaired) electrons. The Bertz CT molecular complexity index is 281. The molecule has 70 valence electrons. The zero-order chi connectivity index (χ0) is 9.52. The van der Waals surface area contributed by atoms with Crippen LogP contribution < -0.4 is 10.5 Å². The van der Waals surface area contributed by atoms with Gasteiger partial charge in [-0.3, -0.25) is 0 Å². The van der Waals surface area contributed by atoms with E-state index in [-0.39, 0.29) is 0 Å². The Morgan fingerprint density at radius 3 is 2.77 bits per heavy atom. The van der Waals surface area contributed by atoms with Crippen molar-refractivity contribution in [1.29, 1.82) is 0 Å². The van der Waals surface area contributed by atoms with Gasteiger partial charge in [-0.05, 0) is 18.6 Å². The third-order valence-corrected chi connectivity index (χ3v) is 1.73. The highest BCUT2D eigenvalue weighted by molar-refractivity contribution is 5.31. The van der Waals surface area contributed by atoms with Crippen molar-refractivity contribution in [2.24, 2.45) is 5.73 Å². The molecule has 0 aliphatic carbocycles. The molecule has 13 heavy (non-hydrogen) atoms. The molecule has 0 amide bonds. The summed E-state index contributed by atoms with van der Waals surface area (Å²) in [6.45, 7) is 3.18. The van der Waals surface area contributed by atoms with E-state index in [0.29, 0.717) is 13.2 Å². The summed E-state index contributed by atoms with van der Waals surface area (Å²) >= 11 is 0. The lowest BCUT2D eigenvalue weighted by Crippen LogP contribution is -1.97. The molecule has 0 aliphatic heterocycles. The lowest BCUT2D eigenvalue weighted by molar-refractivity contribution is 0.360. The van der Waals surface area contributed by atoms with Gasteiger partial charge in [0.25, 0.3) is 0 Å². The molecule has 2 N–H and O–H groups in total. The SMILES string of the molecule is Cc1ccccc1OC/C=C/CN. The summed E-state index contributed by atoms with van der Waals surface area (Å²) in [5.41, 5.74) is 6.45. The van der Waals surface area contributed by atoms with Crippen LogP contribution in [0.3, 0.4) is 0 Å². The predicted molar refractivity (Wildman–Crippen MR) is 54.9 cm³/mol. The van der Waals surface area contributed by atoms with E-state index in [9.17, 15) is 0 Å². The summed E-state index contributed by atoms with van der Waals surface area (Å²) in [5, 5.41) is 0. The number of nitrogens with two attached hydrogens (primary N) is 1. The van der Waals surface area contributed by atoms with Crippen LogP contribution in [0.1, 0.15) is 5.56 Å².